The monoisotopic (exact) mass is 417 g/mol. The third-order valence-electron chi connectivity index (χ3n) is 3.91. The number of aromatic nitrogens is 1. The number of methoxy groups -OCH3 is 1. The summed E-state index contributed by atoms with van der Waals surface area (Å²) in [6, 6.07) is 11.3. The number of hydrogen-bond donors (Lipinski definition) is 0. The number of non-ortho nitro benzene ring substituents is 1. The minimum atomic E-state index is -0.517. The lowest BCUT2D eigenvalue weighted by Gasteiger charge is -2.03. The van der Waals surface area contributed by atoms with Crippen LogP contribution in [-0.4, -0.2) is 34.7 Å². The number of thioether (sulfide) groups is 1. The first kappa shape index (κ1) is 19.8. The fourth-order valence-electron chi connectivity index (χ4n) is 2.51. The largest absolute Gasteiger partial charge is 0.468 e. The maximum atomic E-state index is 12.6. The van der Waals surface area contributed by atoms with Gasteiger partial charge in [-0.05, 0) is 30.5 Å². The molecule has 1 heterocycles. The number of nitro benzene ring substituents is 1. The van der Waals surface area contributed by atoms with Crippen LogP contribution in [0.5, 0.6) is 0 Å². The van der Waals surface area contributed by atoms with Gasteiger partial charge in [-0.15, -0.1) is 11.8 Å². The Morgan fingerprint density at radius 3 is 2.75 bits per heavy atom. The normalized spacial score (nSPS) is 11.6. The van der Waals surface area contributed by atoms with E-state index in [1.165, 1.54) is 41.6 Å². The molecule has 2 aromatic carbocycles. The number of ether oxygens (including phenoxy) is 1. The molecular formula is C18H15N3O5S2. The third-order valence-corrected chi connectivity index (χ3v) is 5.67. The van der Waals surface area contributed by atoms with Gasteiger partial charge >= 0.3 is 5.97 Å². The average molecular weight is 417 g/mol. The predicted molar refractivity (Wildman–Crippen MR) is 107 cm³/mol. The van der Waals surface area contributed by atoms with E-state index in [1.54, 1.807) is 18.2 Å². The van der Waals surface area contributed by atoms with Crippen LogP contribution < -0.4 is 4.80 Å². The third kappa shape index (κ3) is 4.12. The number of carbonyl (C=O) groups is 2. The summed E-state index contributed by atoms with van der Waals surface area (Å²) in [7, 11) is 1.26. The fourth-order valence-corrected chi connectivity index (χ4v) is 4.04. The SMILES string of the molecule is COC(=O)Cn1c(=NC(=O)c2cccc(SC)c2)sc2cc([N+](=O)[O-])ccc21. The van der Waals surface area contributed by atoms with Crippen LogP contribution >= 0.6 is 23.1 Å². The van der Waals surface area contributed by atoms with Crippen LogP contribution in [-0.2, 0) is 16.1 Å². The zero-order valence-corrected chi connectivity index (χ0v) is 16.6. The molecule has 0 saturated carbocycles. The van der Waals surface area contributed by atoms with Crippen molar-refractivity contribution < 1.29 is 19.2 Å². The molecule has 3 rings (SSSR count). The first-order valence-corrected chi connectivity index (χ1v) is 10.0. The zero-order valence-electron chi connectivity index (χ0n) is 14.9. The minimum absolute atomic E-state index is 0.0792. The maximum Gasteiger partial charge on any atom is 0.325 e. The number of thiazole rings is 1. The molecule has 10 heteroatoms. The highest BCUT2D eigenvalue weighted by Gasteiger charge is 2.15. The number of benzene rings is 2. The van der Waals surface area contributed by atoms with Crippen molar-refractivity contribution in [1.82, 2.24) is 4.57 Å². The quantitative estimate of drug-likeness (QED) is 0.273. The van der Waals surface area contributed by atoms with E-state index in [0.717, 1.165) is 16.2 Å². The minimum Gasteiger partial charge on any atom is -0.468 e. The van der Waals surface area contributed by atoms with Crippen molar-refractivity contribution >= 4 is 50.9 Å². The number of amides is 1. The van der Waals surface area contributed by atoms with Crippen LogP contribution in [0.4, 0.5) is 5.69 Å². The van der Waals surface area contributed by atoms with Gasteiger partial charge in [0, 0.05) is 22.6 Å². The Kier molecular flexibility index (Phi) is 5.90. The number of rotatable bonds is 5. The molecule has 0 N–H and O–H groups in total. The molecule has 0 atom stereocenters. The van der Waals surface area contributed by atoms with Gasteiger partial charge < -0.3 is 9.30 Å². The molecule has 3 aromatic rings. The molecule has 1 aromatic heterocycles. The summed E-state index contributed by atoms with van der Waals surface area (Å²) in [4.78, 5) is 40.3. The number of carbonyl (C=O) groups excluding carboxylic acids is 2. The summed E-state index contributed by atoms with van der Waals surface area (Å²) in [5.74, 6) is -0.980. The van der Waals surface area contributed by atoms with Gasteiger partial charge in [0.15, 0.2) is 4.80 Å². The molecule has 0 aliphatic heterocycles. The lowest BCUT2D eigenvalue weighted by atomic mass is 10.2. The maximum absolute atomic E-state index is 12.6. The van der Waals surface area contributed by atoms with Crippen LogP contribution in [0.25, 0.3) is 10.2 Å². The summed E-state index contributed by atoms with van der Waals surface area (Å²) in [5.41, 5.74) is 0.898. The Balaban J connectivity index is 2.15. The molecule has 1 amide bonds. The van der Waals surface area contributed by atoms with Gasteiger partial charge in [-0.2, -0.15) is 4.99 Å². The summed E-state index contributed by atoms with van der Waals surface area (Å²) < 4.78 is 6.78. The second-order valence-electron chi connectivity index (χ2n) is 5.60. The summed E-state index contributed by atoms with van der Waals surface area (Å²) in [6.45, 7) is -0.161. The molecule has 0 aliphatic carbocycles. The van der Waals surface area contributed by atoms with Crippen LogP contribution in [0, 0.1) is 10.1 Å². The van der Waals surface area contributed by atoms with E-state index in [9.17, 15) is 19.7 Å². The summed E-state index contributed by atoms with van der Waals surface area (Å²) in [5, 5.41) is 11.0. The van der Waals surface area contributed by atoms with Gasteiger partial charge in [-0.3, -0.25) is 19.7 Å². The number of nitro groups is 1. The number of nitrogens with zero attached hydrogens (tertiary/aromatic N) is 3. The lowest BCUT2D eigenvalue weighted by Crippen LogP contribution is -2.22. The Bertz CT molecular complexity index is 1150. The average Bonchev–Trinajstić information content (AvgIpc) is 3.03. The van der Waals surface area contributed by atoms with Crippen molar-refractivity contribution in [2.24, 2.45) is 4.99 Å². The van der Waals surface area contributed by atoms with Crippen LogP contribution in [0.2, 0.25) is 0 Å². The van der Waals surface area contributed by atoms with Gasteiger partial charge in [-0.25, -0.2) is 0 Å². The standard InChI is InChI=1S/C18H15N3O5S2/c1-26-16(22)10-20-14-7-6-12(21(24)25)9-15(14)28-18(20)19-17(23)11-4-3-5-13(8-11)27-2/h3-9H,10H2,1-2H3. The Labute approximate surface area is 167 Å². The van der Waals surface area contributed by atoms with Gasteiger partial charge in [0.1, 0.15) is 6.54 Å². The molecular weight excluding hydrogens is 402 g/mol. The van der Waals surface area contributed by atoms with Crippen molar-refractivity contribution in [3.63, 3.8) is 0 Å². The molecule has 0 radical (unpaired) electrons. The second-order valence-corrected chi connectivity index (χ2v) is 7.49. The topological polar surface area (TPSA) is 104 Å². The first-order valence-electron chi connectivity index (χ1n) is 8.00. The van der Waals surface area contributed by atoms with Crippen LogP contribution in [0.3, 0.4) is 0 Å². The highest BCUT2D eigenvalue weighted by molar-refractivity contribution is 7.98. The highest BCUT2D eigenvalue weighted by Crippen LogP contribution is 2.23. The molecule has 0 saturated heterocycles. The van der Waals surface area contributed by atoms with Gasteiger partial charge in [0.2, 0.25) is 0 Å². The van der Waals surface area contributed by atoms with Crippen LogP contribution in [0.1, 0.15) is 10.4 Å². The highest BCUT2D eigenvalue weighted by atomic mass is 32.2. The number of esters is 1. The molecule has 28 heavy (non-hydrogen) atoms. The van der Waals surface area contributed by atoms with E-state index in [1.807, 2.05) is 12.3 Å². The summed E-state index contributed by atoms with van der Waals surface area (Å²) in [6.07, 6.45) is 1.91. The number of hydrogen-bond acceptors (Lipinski definition) is 7. The molecule has 144 valence electrons. The van der Waals surface area contributed by atoms with E-state index >= 15 is 0 Å². The molecule has 0 aliphatic rings. The molecule has 0 fully saturated rings. The van der Waals surface area contributed by atoms with Gasteiger partial charge in [0.05, 0.1) is 22.2 Å². The van der Waals surface area contributed by atoms with Crippen molar-refractivity contribution in [3.8, 4) is 0 Å². The summed E-state index contributed by atoms with van der Waals surface area (Å²) >= 11 is 2.61. The molecule has 8 nitrogen and oxygen atoms in total. The Morgan fingerprint density at radius 2 is 2.07 bits per heavy atom. The smallest absolute Gasteiger partial charge is 0.325 e. The van der Waals surface area contributed by atoms with Crippen molar-refractivity contribution in [3.05, 3.63) is 62.9 Å². The van der Waals surface area contributed by atoms with E-state index in [-0.39, 0.29) is 17.0 Å². The molecule has 0 spiro atoms. The van der Waals surface area contributed by atoms with E-state index in [2.05, 4.69) is 4.99 Å². The lowest BCUT2D eigenvalue weighted by molar-refractivity contribution is -0.384. The number of fused-ring (bicyclic) bond motifs is 1. The van der Waals surface area contributed by atoms with Crippen molar-refractivity contribution in [2.75, 3.05) is 13.4 Å². The predicted octanol–water partition coefficient (Wildman–Crippen LogP) is 3.25. The van der Waals surface area contributed by atoms with Crippen LogP contribution in [0.15, 0.2) is 52.4 Å². The Morgan fingerprint density at radius 1 is 1.29 bits per heavy atom. The van der Waals surface area contributed by atoms with Gasteiger partial charge in [-0.1, -0.05) is 17.4 Å². The van der Waals surface area contributed by atoms with E-state index in [4.69, 9.17) is 4.74 Å². The Hall–Kier alpha value is -2.98. The van der Waals surface area contributed by atoms with Crippen molar-refractivity contribution in [1.29, 1.82) is 0 Å². The first-order chi connectivity index (χ1) is 13.4. The molecule has 0 unspecified atom stereocenters. The van der Waals surface area contributed by atoms with Crippen molar-refractivity contribution in [2.45, 2.75) is 11.4 Å². The van der Waals surface area contributed by atoms with E-state index in [0.29, 0.717) is 15.8 Å². The molecule has 0 bridgehead atoms. The van der Waals surface area contributed by atoms with Gasteiger partial charge in [0.25, 0.3) is 11.6 Å². The second kappa shape index (κ2) is 8.36. The zero-order chi connectivity index (χ0) is 20.3. The van der Waals surface area contributed by atoms with E-state index < -0.39 is 16.8 Å². The fraction of sp³-hybridized carbons (Fsp3) is 0.167.